The van der Waals surface area contributed by atoms with Crippen molar-refractivity contribution in [2.75, 3.05) is 13.7 Å². The van der Waals surface area contributed by atoms with E-state index >= 15 is 0 Å². The van der Waals surface area contributed by atoms with Crippen molar-refractivity contribution in [3.63, 3.8) is 0 Å². The first kappa shape index (κ1) is 11.6. The van der Waals surface area contributed by atoms with Gasteiger partial charge in [-0.25, -0.2) is 0 Å². The number of rotatable bonds is 5. The zero-order valence-electron chi connectivity index (χ0n) is 9.68. The van der Waals surface area contributed by atoms with Crippen molar-refractivity contribution in [1.29, 1.82) is 0 Å². The molecule has 0 saturated heterocycles. The summed E-state index contributed by atoms with van der Waals surface area (Å²) in [5, 5.41) is 2.27. The summed E-state index contributed by atoms with van der Waals surface area (Å²) in [5.74, 6) is 0.849. The molecule has 0 amide bonds. The summed E-state index contributed by atoms with van der Waals surface area (Å²) in [7, 11) is 1.66. The number of hydrogen-bond donors (Lipinski definition) is 0. The lowest BCUT2D eigenvalue weighted by molar-refractivity contribution is -0.112. The van der Waals surface area contributed by atoms with Crippen LogP contribution in [0.15, 0.2) is 36.4 Å². The molecular formula is C14H14O3. The zero-order valence-corrected chi connectivity index (χ0v) is 9.68. The molecule has 0 saturated carbocycles. The molecule has 0 bridgehead atoms. The largest absolute Gasteiger partial charge is 0.497 e. The van der Waals surface area contributed by atoms with Gasteiger partial charge in [0.2, 0.25) is 0 Å². The molecule has 0 spiro atoms. The van der Waals surface area contributed by atoms with E-state index in [2.05, 4.69) is 6.07 Å². The Morgan fingerprint density at radius 2 is 1.88 bits per heavy atom. The van der Waals surface area contributed by atoms with E-state index in [0.29, 0.717) is 6.61 Å². The van der Waals surface area contributed by atoms with Gasteiger partial charge in [-0.3, -0.25) is 0 Å². The van der Waals surface area contributed by atoms with E-state index in [4.69, 9.17) is 9.47 Å². The second kappa shape index (κ2) is 5.46. The number of aldehydes is 1. The Bertz CT molecular complexity index is 520. The third-order valence-corrected chi connectivity index (χ3v) is 2.57. The molecule has 0 aromatic heterocycles. The van der Waals surface area contributed by atoms with Gasteiger partial charge in [-0.15, -0.1) is 0 Å². The highest BCUT2D eigenvalue weighted by Gasteiger charge is 1.99. The summed E-state index contributed by atoms with van der Waals surface area (Å²) in [5.41, 5.74) is 1.06. The molecule has 17 heavy (non-hydrogen) atoms. The van der Waals surface area contributed by atoms with Crippen molar-refractivity contribution >= 4 is 17.1 Å². The quantitative estimate of drug-likeness (QED) is 0.585. The van der Waals surface area contributed by atoms with Gasteiger partial charge in [0.15, 0.2) is 0 Å². The van der Waals surface area contributed by atoms with Gasteiger partial charge in [-0.05, 0) is 34.5 Å². The molecule has 3 nitrogen and oxygen atoms in total. The molecule has 0 aliphatic heterocycles. The van der Waals surface area contributed by atoms with Crippen LogP contribution in [0.3, 0.4) is 0 Å². The van der Waals surface area contributed by atoms with Gasteiger partial charge in [0.1, 0.15) is 18.6 Å². The number of methoxy groups -OCH3 is 1. The molecule has 0 aliphatic carbocycles. The highest BCUT2D eigenvalue weighted by Crippen LogP contribution is 2.22. The van der Waals surface area contributed by atoms with Crippen LogP contribution in [0.2, 0.25) is 0 Å². The summed E-state index contributed by atoms with van der Waals surface area (Å²) in [4.78, 5) is 10.1. The monoisotopic (exact) mass is 230 g/mol. The maximum absolute atomic E-state index is 10.1. The minimum absolute atomic E-state index is 0.140. The first-order chi connectivity index (χ1) is 8.33. The molecule has 0 unspecified atom stereocenters. The van der Waals surface area contributed by atoms with Crippen LogP contribution in [0.25, 0.3) is 10.8 Å². The summed E-state index contributed by atoms with van der Waals surface area (Å²) < 4.78 is 10.3. The lowest BCUT2D eigenvalue weighted by Crippen LogP contribution is -1.95. The van der Waals surface area contributed by atoms with Crippen LogP contribution >= 0.6 is 0 Å². The molecule has 0 radical (unpaired) electrons. The Hall–Kier alpha value is -1.87. The molecule has 2 aromatic rings. The minimum Gasteiger partial charge on any atom is -0.497 e. The Balaban J connectivity index is 2.22. The zero-order chi connectivity index (χ0) is 12.1. The van der Waals surface area contributed by atoms with Gasteiger partial charge in [-0.2, -0.15) is 0 Å². The average molecular weight is 230 g/mol. The van der Waals surface area contributed by atoms with Crippen molar-refractivity contribution in [3.05, 3.63) is 42.0 Å². The number of benzene rings is 2. The molecule has 0 fully saturated rings. The Kier molecular flexibility index (Phi) is 3.73. The van der Waals surface area contributed by atoms with Crippen molar-refractivity contribution in [2.45, 2.75) is 6.61 Å². The number of hydrogen-bond acceptors (Lipinski definition) is 3. The van der Waals surface area contributed by atoms with Crippen LogP contribution in [0, 0.1) is 0 Å². The molecule has 0 N–H and O–H groups in total. The number of ether oxygens (including phenoxy) is 2. The Labute approximate surface area is 100.0 Å². The van der Waals surface area contributed by atoms with E-state index in [-0.39, 0.29) is 6.61 Å². The molecule has 88 valence electrons. The molecule has 2 aromatic carbocycles. The van der Waals surface area contributed by atoms with E-state index in [1.54, 1.807) is 7.11 Å². The number of fused-ring (bicyclic) bond motifs is 1. The SMILES string of the molecule is COc1ccc2cc(COCC=O)ccc2c1. The van der Waals surface area contributed by atoms with Gasteiger partial charge in [0.25, 0.3) is 0 Å². The Morgan fingerprint density at radius 1 is 1.12 bits per heavy atom. The van der Waals surface area contributed by atoms with Gasteiger partial charge in [0, 0.05) is 0 Å². The topological polar surface area (TPSA) is 35.5 Å². The van der Waals surface area contributed by atoms with Crippen molar-refractivity contribution in [3.8, 4) is 5.75 Å². The smallest absolute Gasteiger partial charge is 0.145 e. The normalized spacial score (nSPS) is 10.4. The molecule has 3 heteroatoms. The third-order valence-electron chi connectivity index (χ3n) is 2.57. The minimum atomic E-state index is 0.140. The molecule has 0 aliphatic rings. The fourth-order valence-corrected chi connectivity index (χ4v) is 1.71. The van der Waals surface area contributed by atoms with Crippen molar-refractivity contribution in [2.24, 2.45) is 0 Å². The van der Waals surface area contributed by atoms with Crippen LogP contribution in [0.5, 0.6) is 5.75 Å². The van der Waals surface area contributed by atoms with E-state index in [9.17, 15) is 4.79 Å². The second-order valence-corrected chi connectivity index (χ2v) is 3.73. The fourth-order valence-electron chi connectivity index (χ4n) is 1.71. The number of carbonyl (C=O) groups excluding carboxylic acids is 1. The highest BCUT2D eigenvalue weighted by molar-refractivity contribution is 5.84. The van der Waals surface area contributed by atoms with E-state index in [0.717, 1.165) is 28.4 Å². The fraction of sp³-hybridized carbons (Fsp3) is 0.214. The van der Waals surface area contributed by atoms with Crippen LogP contribution in [0.4, 0.5) is 0 Å². The van der Waals surface area contributed by atoms with Crippen molar-refractivity contribution < 1.29 is 14.3 Å². The third kappa shape index (κ3) is 2.82. The second-order valence-electron chi connectivity index (χ2n) is 3.73. The number of carbonyl (C=O) groups is 1. The predicted molar refractivity (Wildman–Crippen MR) is 66.2 cm³/mol. The first-order valence-electron chi connectivity index (χ1n) is 5.41. The summed E-state index contributed by atoms with van der Waals surface area (Å²) in [6, 6.07) is 12.0. The van der Waals surface area contributed by atoms with Crippen molar-refractivity contribution in [1.82, 2.24) is 0 Å². The standard InChI is InChI=1S/C14H14O3/c1-16-14-5-4-12-8-11(10-17-7-6-15)2-3-13(12)9-14/h2-6,8-9H,7,10H2,1H3. The van der Waals surface area contributed by atoms with Gasteiger partial charge in [-0.1, -0.05) is 18.2 Å². The Morgan fingerprint density at radius 3 is 2.65 bits per heavy atom. The van der Waals surface area contributed by atoms with E-state index < -0.39 is 0 Å². The van der Waals surface area contributed by atoms with E-state index in [1.165, 1.54) is 0 Å². The first-order valence-corrected chi connectivity index (χ1v) is 5.41. The van der Waals surface area contributed by atoms with Crippen LogP contribution < -0.4 is 4.74 Å². The van der Waals surface area contributed by atoms with Gasteiger partial charge in [0.05, 0.1) is 13.7 Å². The molecule has 0 heterocycles. The van der Waals surface area contributed by atoms with Gasteiger partial charge >= 0.3 is 0 Å². The molecule has 2 rings (SSSR count). The van der Waals surface area contributed by atoms with Crippen LogP contribution in [0.1, 0.15) is 5.56 Å². The van der Waals surface area contributed by atoms with Crippen LogP contribution in [-0.2, 0) is 16.1 Å². The maximum atomic E-state index is 10.1. The van der Waals surface area contributed by atoms with Crippen LogP contribution in [-0.4, -0.2) is 20.0 Å². The lowest BCUT2D eigenvalue weighted by Gasteiger charge is -2.05. The van der Waals surface area contributed by atoms with Gasteiger partial charge < -0.3 is 14.3 Å². The summed E-state index contributed by atoms with van der Waals surface area (Å²) in [6.45, 7) is 0.599. The average Bonchev–Trinajstić information content (AvgIpc) is 2.38. The summed E-state index contributed by atoms with van der Waals surface area (Å²) in [6.07, 6.45) is 0.756. The maximum Gasteiger partial charge on any atom is 0.145 e. The van der Waals surface area contributed by atoms with E-state index in [1.807, 2.05) is 30.3 Å². The predicted octanol–water partition coefficient (Wildman–Crippen LogP) is 2.56. The molecular weight excluding hydrogens is 216 g/mol. The lowest BCUT2D eigenvalue weighted by atomic mass is 10.1. The highest BCUT2D eigenvalue weighted by atomic mass is 16.5. The molecule has 0 atom stereocenters. The summed E-state index contributed by atoms with van der Waals surface area (Å²) >= 11 is 0.